The minimum Gasteiger partial charge on any atom is -0.497 e. The number of amides is 1. The molecular formula is C32H30ClN5O6S. The normalized spacial score (nSPS) is 14.4. The summed E-state index contributed by atoms with van der Waals surface area (Å²) in [6.45, 7) is 1.97. The SMILES string of the molecule is COc1ccc(S(=O)(=O)n2c(=O)n(C(C(=O)N3CCN(c4ccncc4)CC3)c3ccccc3)c3ccc(Cl)cc32)c(OC)c1. The summed E-state index contributed by atoms with van der Waals surface area (Å²) in [5.41, 5.74) is 0.893. The smallest absolute Gasteiger partial charge is 0.344 e. The molecule has 0 radical (unpaired) electrons. The fourth-order valence-electron chi connectivity index (χ4n) is 5.69. The summed E-state index contributed by atoms with van der Waals surface area (Å²) in [4.78, 5) is 36.6. The third-order valence-corrected chi connectivity index (χ3v) is 9.87. The number of nitrogens with zero attached hydrogens (tertiary/aromatic N) is 5. The zero-order valence-electron chi connectivity index (χ0n) is 24.5. The molecular weight excluding hydrogens is 618 g/mol. The molecule has 1 fully saturated rings. The molecule has 0 saturated carbocycles. The van der Waals surface area contributed by atoms with Gasteiger partial charge in [-0.1, -0.05) is 41.9 Å². The number of methoxy groups -OCH3 is 2. The molecule has 1 atom stereocenters. The van der Waals surface area contributed by atoms with Crippen molar-refractivity contribution in [1.82, 2.24) is 18.4 Å². The van der Waals surface area contributed by atoms with Gasteiger partial charge in [0.15, 0.2) is 0 Å². The molecule has 0 N–H and O–H groups in total. The lowest BCUT2D eigenvalue weighted by Crippen LogP contribution is -2.51. The van der Waals surface area contributed by atoms with Crippen molar-refractivity contribution in [3.8, 4) is 11.5 Å². The number of aromatic nitrogens is 3. The lowest BCUT2D eigenvalue weighted by Gasteiger charge is -2.37. The summed E-state index contributed by atoms with van der Waals surface area (Å²) >= 11 is 6.35. The summed E-state index contributed by atoms with van der Waals surface area (Å²) in [6.07, 6.45) is 3.45. The highest BCUT2D eigenvalue weighted by molar-refractivity contribution is 7.90. The fourth-order valence-corrected chi connectivity index (χ4v) is 7.38. The Labute approximate surface area is 264 Å². The number of carbonyl (C=O) groups is 1. The average Bonchev–Trinajstić information content (AvgIpc) is 3.36. The number of halogens is 1. The third-order valence-electron chi connectivity index (χ3n) is 7.91. The summed E-state index contributed by atoms with van der Waals surface area (Å²) in [6, 6.07) is 20.3. The van der Waals surface area contributed by atoms with Crippen LogP contribution in [0.25, 0.3) is 11.0 Å². The van der Waals surface area contributed by atoms with Crippen molar-refractivity contribution < 1.29 is 22.7 Å². The van der Waals surface area contributed by atoms with Gasteiger partial charge in [0.25, 0.3) is 15.9 Å². The van der Waals surface area contributed by atoms with Gasteiger partial charge in [-0.3, -0.25) is 14.3 Å². The van der Waals surface area contributed by atoms with Crippen LogP contribution in [0.15, 0.2) is 101 Å². The maximum absolute atomic E-state index is 14.4. The number of imidazole rings is 1. The Balaban J connectivity index is 1.49. The number of piperazine rings is 1. The van der Waals surface area contributed by atoms with E-state index >= 15 is 0 Å². The molecule has 3 heterocycles. The number of carbonyl (C=O) groups excluding carboxylic acids is 1. The van der Waals surface area contributed by atoms with Gasteiger partial charge in [-0.2, -0.15) is 3.97 Å². The number of fused-ring (bicyclic) bond motifs is 1. The van der Waals surface area contributed by atoms with Crippen molar-refractivity contribution in [2.45, 2.75) is 10.9 Å². The van der Waals surface area contributed by atoms with E-state index in [1.54, 1.807) is 53.7 Å². The average molecular weight is 648 g/mol. The molecule has 0 aliphatic carbocycles. The molecule has 1 unspecified atom stereocenters. The first kappa shape index (κ1) is 30.2. The monoisotopic (exact) mass is 647 g/mol. The van der Waals surface area contributed by atoms with E-state index in [1.165, 1.54) is 43.1 Å². The molecule has 1 aliphatic heterocycles. The Kier molecular flexibility index (Phi) is 8.26. The molecule has 3 aromatic carbocycles. The van der Waals surface area contributed by atoms with E-state index < -0.39 is 21.8 Å². The molecule has 232 valence electrons. The first-order valence-electron chi connectivity index (χ1n) is 14.1. The number of hydrogen-bond acceptors (Lipinski definition) is 8. The molecule has 2 aromatic heterocycles. The van der Waals surface area contributed by atoms with Crippen molar-refractivity contribution in [2.75, 3.05) is 45.3 Å². The maximum Gasteiger partial charge on any atom is 0.344 e. The largest absolute Gasteiger partial charge is 0.497 e. The number of anilines is 1. The second-order valence-electron chi connectivity index (χ2n) is 10.4. The standard InChI is InChI=1S/C32H30ClN5O6S/c1-43-25-9-11-29(28(21-25)44-2)45(41,42)38-27-20-23(33)8-10-26(27)37(32(38)40)30(22-6-4-3-5-7-22)31(39)36-18-16-35(17-19-36)24-12-14-34-15-13-24/h3-15,20-21,30H,16-19H2,1-2H3. The van der Waals surface area contributed by atoms with Crippen LogP contribution in [0.1, 0.15) is 11.6 Å². The van der Waals surface area contributed by atoms with Crippen LogP contribution >= 0.6 is 11.6 Å². The van der Waals surface area contributed by atoms with Gasteiger partial charge in [0, 0.05) is 55.3 Å². The first-order valence-corrected chi connectivity index (χ1v) is 15.9. The zero-order chi connectivity index (χ0) is 31.7. The molecule has 11 nitrogen and oxygen atoms in total. The van der Waals surface area contributed by atoms with E-state index in [-0.39, 0.29) is 32.6 Å². The van der Waals surface area contributed by atoms with Crippen LogP contribution in [0.2, 0.25) is 5.02 Å². The van der Waals surface area contributed by atoms with E-state index in [9.17, 15) is 18.0 Å². The van der Waals surface area contributed by atoms with Gasteiger partial charge in [-0.05, 0) is 48.0 Å². The van der Waals surface area contributed by atoms with Crippen molar-refractivity contribution in [2.24, 2.45) is 0 Å². The van der Waals surface area contributed by atoms with Crippen molar-refractivity contribution in [1.29, 1.82) is 0 Å². The predicted molar refractivity (Wildman–Crippen MR) is 171 cm³/mol. The van der Waals surface area contributed by atoms with Crippen LogP contribution in [-0.4, -0.2) is 73.1 Å². The van der Waals surface area contributed by atoms with Crippen LogP contribution in [0.4, 0.5) is 5.69 Å². The Morgan fingerprint density at radius 2 is 1.58 bits per heavy atom. The van der Waals surface area contributed by atoms with Crippen LogP contribution in [0, 0.1) is 0 Å². The number of pyridine rings is 1. The number of benzene rings is 3. The summed E-state index contributed by atoms with van der Waals surface area (Å²) in [5, 5.41) is 0.222. The predicted octanol–water partition coefficient (Wildman–Crippen LogP) is 4.04. The van der Waals surface area contributed by atoms with Gasteiger partial charge in [0.2, 0.25) is 0 Å². The molecule has 5 aromatic rings. The van der Waals surface area contributed by atoms with E-state index in [2.05, 4.69) is 9.88 Å². The van der Waals surface area contributed by atoms with Gasteiger partial charge < -0.3 is 19.3 Å². The Bertz CT molecular complexity index is 2020. The van der Waals surface area contributed by atoms with Crippen molar-refractivity contribution in [3.05, 3.63) is 112 Å². The maximum atomic E-state index is 14.4. The van der Waals surface area contributed by atoms with Crippen LogP contribution in [0.5, 0.6) is 11.5 Å². The third kappa shape index (κ3) is 5.51. The van der Waals surface area contributed by atoms with Crippen LogP contribution in [0.3, 0.4) is 0 Å². The molecule has 1 saturated heterocycles. The topological polar surface area (TPSA) is 116 Å². The van der Waals surface area contributed by atoms with Gasteiger partial charge in [0.1, 0.15) is 22.4 Å². The highest BCUT2D eigenvalue weighted by Crippen LogP contribution is 2.33. The Morgan fingerprint density at radius 3 is 2.24 bits per heavy atom. The quantitative estimate of drug-likeness (QED) is 0.248. The number of ether oxygens (including phenoxy) is 2. The first-order chi connectivity index (χ1) is 21.7. The Morgan fingerprint density at radius 1 is 0.867 bits per heavy atom. The zero-order valence-corrected chi connectivity index (χ0v) is 26.1. The molecule has 0 spiro atoms. The van der Waals surface area contributed by atoms with E-state index in [0.717, 1.165) is 5.69 Å². The molecule has 1 aliphatic rings. The summed E-state index contributed by atoms with van der Waals surface area (Å²) < 4.78 is 41.0. The Hall–Kier alpha value is -4.81. The summed E-state index contributed by atoms with van der Waals surface area (Å²) in [5.74, 6) is 0.0421. The lowest BCUT2D eigenvalue weighted by molar-refractivity contribution is -0.133. The van der Waals surface area contributed by atoms with Gasteiger partial charge in [-0.25, -0.2) is 13.2 Å². The molecule has 6 rings (SSSR count). The van der Waals surface area contributed by atoms with E-state index in [0.29, 0.717) is 41.5 Å². The molecule has 0 bridgehead atoms. The second kappa shape index (κ2) is 12.3. The second-order valence-corrected chi connectivity index (χ2v) is 12.6. The molecule has 45 heavy (non-hydrogen) atoms. The lowest BCUT2D eigenvalue weighted by atomic mass is 10.0. The number of rotatable bonds is 8. The van der Waals surface area contributed by atoms with E-state index in [4.69, 9.17) is 21.1 Å². The van der Waals surface area contributed by atoms with Crippen LogP contribution in [-0.2, 0) is 14.8 Å². The minimum atomic E-state index is -4.56. The minimum absolute atomic E-state index is 0.00747. The van der Waals surface area contributed by atoms with Gasteiger partial charge >= 0.3 is 5.69 Å². The van der Waals surface area contributed by atoms with Crippen LogP contribution < -0.4 is 20.1 Å². The molecule has 1 amide bonds. The summed E-state index contributed by atoms with van der Waals surface area (Å²) in [7, 11) is -1.78. The van der Waals surface area contributed by atoms with Crippen molar-refractivity contribution in [3.63, 3.8) is 0 Å². The van der Waals surface area contributed by atoms with Gasteiger partial charge in [0.05, 0.1) is 25.3 Å². The number of hydrogen-bond donors (Lipinski definition) is 0. The highest BCUT2D eigenvalue weighted by atomic mass is 35.5. The van der Waals surface area contributed by atoms with Gasteiger partial charge in [-0.15, -0.1) is 0 Å². The van der Waals surface area contributed by atoms with Crippen molar-refractivity contribution >= 4 is 44.3 Å². The highest BCUT2D eigenvalue weighted by Gasteiger charge is 2.36. The fraction of sp³-hybridized carbons (Fsp3) is 0.219. The molecule has 13 heteroatoms. The van der Waals surface area contributed by atoms with E-state index in [1.807, 2.05) is 18.2 Å².